The highest BCUT2D eigenvalue weighted by Crippen LogP contribution is 2.07. The Bertz CT molecular complexity index is 429. The topological polar surface area (TPSA) is 72.2 Å². The second kappa shape index (κ2) is 8.48. The van der Waals surface area contributed by atoms with Gasteiger partial charge in [-0.15, -0.1) is 0 Å². The lowest BCUT2D eigenvalue weighted by atomic mass is 10.0. The Balaban J connectivity index is 2.37. The van der Waals surface area contributed by atoms with E-state index in [2.05, 4.69) is 19.2 Å². The van der Waals surface area contributed by atoms with E-state index in [1.807, 2.05) is 18.2 Å². The van der Waals surface area contributed by atoms with Crippen molar-refractivity contribution >= 4 is 11.7 Å². The zero-order chi connectivity index (χ0) is 15.0. The Labute approximate surface area is 120 Å². The highest BCUT2D eigenvalue weighted by atomic mass is 16.2. The number of ketones is 1. The molecular weight excluding hydrogens is 252 g/mol. The van der Waals surface area contributed by atoms with E-state index in [4.69, 9.17) is 5.73 Å². The van der Waals surface area contributed by atoms with Gasteiger partial charge in [-0.1, -0.05) is 44.2 Å². The molecule has 0 radical (unpaired) electrons. The van der Waals surface area contributed by atoms with Gasteiger partial charge < -0.3 is 11.1 Å². The van der Waals surface area contributed by atoms with Crippen LogP contribution in [-0.4, -0.2) is 24.3 Å². The van der Waals surface area contributed by atoms with Crippen LogP contribution in [0.3, 0.4) is 0 Å². The monoisotopic (exact) mass is 276 g/mol. The molecule has 0 saturated heterocycles. The first-order valence-electron chi connectivity index (χ1n) is 7.10. The Kier molecular flexibility index (Phi) is 6.94. The van der Waals surface area contributed by atoms with E-state index in [1.165, 1.54) is 0 Å². The maximum Gasteiger partial charge on any atom is 0.220 e. The van der Waals surface area contributed by atoms with Crippen LogP contribution in [0.2, 0.25) is 0 Å². The van der Waals surface area contributed by atoms with Gasteiger partial charge in [-0.3, -0.25) is 9.59 Å². The van der Waals surface area contributed by atoms with E-state index in [0.29, 0.717) is 18.0 Å². The molecule has 20 heavy (non-hydrogen) atoms. The SMILES string of the molecule is CC(C)CC(CN)NC(=O)CCC(=O)c1ccccc1. The second-order valence-electron chi connectivity index (χ2n) is 5.42. The second-order valence-corrected chi connectivity index (χ2v) is 5.42. The number of nitrogens with two attached hydrogens (primary N) is 1. The molecule has 0 fully saturated rings. The fraction of sp³-hybridized carbons (Fsp3) is 0.500. The van der Waals surface area contributed by atoms with Crippen LogP contribution in [0.1, 0.15) is 43.5 Å². The fourth-order valence-corrected chi connectivity index (χ4v) is 2.08. The number of hydrogen-bond acceptors (Lipinski definition) is 3. The maximum absolute atomic E-state index is 11.9. The first kappa shape index (κ1) is 16.4. The van der Waals surface area contributed by atoms with Gasteiger partial charge in [-0.25, -0.2) is 0 Å². The van der Waals surface area contributed by atoms with Crippen LogP contribution in [-0.2, 0) is 4.79 Å². The normalized spacial score (nSPS) is 12.2. The number of carbonyl (C=O) groups excluding carboxylic acids is 2. The lowest BCUT2D eigenvalue weighted by Gasteiger charge is -2.18. The molecule has 110 valence electrons. The molecular formula is C16H24N2O2. The van der Waals surface area contributed by atoms with E-state index >= 15 is 0 Å². The molecule has 0 bridgehead atoms. The van der Waals surface area contributed by atoms with Crippen molar-refractivity contribution in [2.75, 3.05) is 6.54 Å². The van der Waals surface area contributed by atoms with Crippen LogP contribution in [0, 0.1) is 5.92 Å². The summed E-state index contributed by atoms with van der Waals surface area (Å²) in [5, 5.41) is 2.89. The Morgan fingerprint density at radius 1 is 1.15 bits per heavy atom. The van der Waals surface area contributed by atoms with Crippen molar-refractivity contribution in [1.82, 2.24) is 5.32 Å². The summed E-state index contributed by atoms with van der Waals surface area (Å²) in [6.45, 7) is 4.61. The van der Waals surface area contributed by atoms with Crippen LogP contribution < -0.4 is 11.1 Å². The van der Waals surface area contributed by atoms with Crippen molar-refractivity contribution in [2.45, 2.75) is 39.2 Å². The molecule has 4 heteroatoms. The van der Waals surface area contributed by atoms with Crippen molar-refractivity contribution < 1.29 is 9.59 Å². The molecule has 3 N–H and O–H groups in total. The highest BCUT2D eigenvalue weighted by Gasteiger charge is 2.14. The van der Waals surface area contributed by atoms with Crippen molar-refractivity contribution in [1.29, 1.82) is 0 Å². The van der Waals surface area contributed by atoms with Gasteiger partial charge in [-0.05, 0) is 12.3 Å². The third kappa shape index (κ3) is 5.97. The van der Waals surface area contributed by atoms with Crippen LogP contribution in [0.25, 0.3) is 0 Å². The standard InChI is InChI=1S/C16H24N2O2/c1-12(2)10-14(11-17)18-16(20)9-8-15(19)13-6-4-3-5-7-13/h3-7,12,14H,8-11,17H2,1-2H3,(H,18,20). The fourth-order valence-electron chi connectivity index (χ4n) is 2.08. The molecule has 1 atom stereocenters. The molecule has 0 aliphatic heterocycles. The molecule has 1 rings (SSSR count). The van der Waals surface area contributed by atoms with Gasteiger partial charge in [-0.2, -0.15) is 0 Å². The Morgan fingerprint density at radius 3 is 2.35 bits per heavy atom. The van der Waals surface area contributed by atoms with Crippen LogP contribution in [0.5, 0.6) is 0 Å². The molecule has 1 amide bonds. The minimum Gasteiger partial charge on any atom is -0.352 e. The summed E-state index contributed by atoms with van der Waals surface area (Å²) in [5.74, 6) is 0.370. The number of hydrogen-bond donors (Lipinski definition) is 2. The molecule has 1 aromatic carbocycles. The number of Topliss-reactive ketones (excluding diaryl/α,β-unsaturated/α-hetero) is 1. The first-order valence-corrected chi connectivity index (χ1v) is 7.10. The van der Waals surface area contributed by atoms with Gasteiger partial charge in [0.25, 0.3) is 0 Å². The Hall–Kier alpha value is -1.68. The zero-order valence-corrected chi connectivity index (χ0v) is 12.3. The van der Waals surface area contributed by atoms with E-state index < -0.39 is 0 Å². The summed E-state index contributed by atoms with van der Waals surface area (Å²) in [6.07, 6.45) is 1.30. The summed E-state index contributed by atoms with van der Waals surface area (Å²) in [7, 11) is 0. The number of rotatable bonds is 8. The smallest absolute Gasteiger partial charge is 0.220 e. The molecule has 0 aliphatic rings. The van der Waals surface area contributed by atoms with Gasteiger partial charge in [0.15, 0.2) is 5.78 Å². The average Bonchev–Trinajstić information content (AvgIpc) is 2.44. The van der Waals surface area contributed by atoms with Crippen LogP contribution >= 0.6 is 0 Å². The minimum absolute atomic E-state index is 0.00525. The summed E-state index contributed by atoms with van der Waals surface area (Å²) in [5.41, 5.74) is 6.29. The van der Waals surface area contributed by atoms with E-state index in [1.54, 1.807) is 12.1 Å². The van der Waals surface area contributed by atoms with Crippen LogP contribution in [0.15, 0.2) is 30.3 Å². The minimum atomic E-state index is -0.106. The average molecular weight is 276 g/mol. The number of carbonyl (C=O) groups is 2. The van der Waals surface area contributed by atoms with E-state index in [-0.39, 0.29) is 30.6 Å². The molecule has 0 spiro atoms. The summed E-state index contributed by atoms with van der Waals surface area (Å²) in [6, 6.07) is 9.03. The first-order chi connectivity index (χ1) is 9.52. The quantitative estimate of drug-likeness (QED) is 0.714. The molecule has 0 saturated carbocycles. The third-order valence-electron chi connectivity index (χ3n) is 3.08. The van der Waals surface area contributed by atoms with E-state index in [0.717, 1.165) is 6.42 Å². The number of benzene rings is 1. The lowest BCUT2D eigenvalue weighted by Crippen LogP contribution is -2.41. The van der Waals surface area contributed by atoms with Gasteiger partial charge >= 0.3 is 0 Å². The Morgan fingerprint density at radius 2 is 1.80 bits per heavy atom. The van der Waals surface area contributed by atoms with Gasteiger partial charge in [0.2, 0.25) is 5.91 Å². The van der Waals surface area contributed by atoms with Gasteiger partial charge in [0.1, 0.15) is 0 Å². The number of amides is 1. The predicted octanol–water partition coefficient (Wildman–Crippen LogP) is 2.14. The van der Waals surface area contributed by atoms with Crippen molar-refractivity contribution in [3.63, 3.8) is 0 Å². The van der Waals surface area contributed by atoms with Crippen molar-refractivity contribution in [3.8, 4) is 0 Å². The molecule has 1 unspecified atom stereocenters. The summed E-state index contributed by atoms with van der Waals surface area (Å²) < 4.78 is 0. The molecule has 4 nitrogen and oxygen atoms in total. The molecule has 0 heterocycles. The van der Waals surface area contributed by atoms with E-state index in [9.17, 15) is 9.59 Å². The largest absolute Gasteiger partial charge is 0.352 e. The molecule has 0 aromatic heterocycles. The van der Waals surface area contributed by atoms with Crippen LogP contribution in [0.4, 0.5) is 0 Å². The van der Waals surface area contributed by atoms with Gasteiger partial charge in [0.05, 0.1) is 0 Å². The highest BCUT2D eigenvalue weighted by molar-refractivity contribution is 5.97. The third-order valence-corrected chi connectivity index (χ3v) is 3.08. The molecule has 1 aromatic rings. The maximum atomic E-state index is 11.9. The summed E-state index contributed by atoms with van der Waals surface area (Å²) in [4.78, 5) is 23.7. The zero-order valence-electron chi connectivity index (χ0n) is 12.3. The predicted molar refractivity (Wildman–Crippen MR) is 80.4 cm³/mol. The number of nitrogens with one attached hydrogen (secondary N) is 1. The summed E-state index contributed by atoms with van der Waals surface area (Å²) >= 11 is 0. The van der Waals surface area contributed by atoms with Gasteiger partial charge in [0, 0.05) is 31.0 Å². The molecule has 0 aliphatic carbocycles. The lowest BCUT2D eigenvalue weighted by molar-refractivity contribution is -0.121. The van der Waals surface area contributed by atoms with Crippen molar-refractivity contribution in [2.24, 2.45) is 11.7 Å². The van der Waals surface area contributed by atoms with Crippen molar-refractivity contribution in [3.05, 3.63) is 35.9 Å².